The Morgan fingerprint density at radius 2 is 1.91 bits per heavy atom. The molecule has 0 amide bonds. The molecule has 1 aliphatic heterocycles. The van der Waals surface area contributed by atoms with E-state index >= 15 is 0 Å². The highest BCUT2D eigenvalue weighted by Gasteiger charge is 2.42. The van der Waals surface area contributed by atoms with Gasteiger partial charge in [-0.25, -0.2) is 0 Å². The van der Waals surface area contributed by atoms with Crippen molar-refractivity contribution in [1.82, 2.24) is 4.57 Å². The highest BCUT2D eigenvalue weighted by atomic mass is 15.2. The molecule has 58 valence electrons. The predicted molar refractivity (Wildman–Crippen MR) is 45.0 cm³/mol. The lowest BCUT2D eigenvalue weighted by atomic mass is 9.91. The fourth-order valence-electron chi connectivity index (χ4n) is 2.24. The second-order valence-electron chi connectivity index (χ2n) is 4.77. The van der Waals surface area contributed by atoms with E-state index in [1.54, 1.807) is 22.5 Å². The largest absolute Gasteiger partial charge is 0.340 e. The summed E-state index contributed by atoms with van der Waals surface area (Å²) >= 11 is 0. The molecule has 0 fully saturated rings. The molecule has 1 aliphatic carbocycles. The van der Waals surface area contributed by atoms with Crippen LogP contribution in [0.15, 0.2) is 0 Å². The molecule has 0 saturated heterocycles. The molecule has 3 rings (SSSR count). The fourth-order valence-corrected chi connectivity index (χ4v) is 2.24. The monoisotopic (exact) mass is 147 g/mol. The molecule has 1 nitrogen and oxygen atoms in total. The summed E-state index contributed by atoms with van der Waals surface area (Å²) in [5.74, 6) is 0. The van der Waals surface area contributed by atoms with E-state index < -0.39 is 0 Å². The highest BCUT2D eigenvalue weighted by Crippen LogP contribution is 2.49. The van der Waals surface area contributed by atoms with Crippen LogP contribution in [0.1, 0.15) is 43.3 Å². The molecule has 0 spiro atoms. The molecule has 1 aromatic heterocycles. The van der Waals surface area contributed by atoms with E-state index in [9.17, 15) is 0 Å². The summed E-state index contributed by atoms with van der Waals surface area (Å²) in [6.07, 6.45) is 1.30. The third-order valence-electron chi connectivity index (χ3n) is 2.74. The number of fused-ring (bicyclic) bond motifs is 3. The highest BCUT2D eigenvalue weighted by molar-refractivity contribution is 5.60. The second kappa shape index (κ2) is 1.28. The molecule has 0 aromatic carbocycles. The summed E-state index contributed by atoms with van der Waals surface area (Å²) in [6.45, 7) is 8.18. The first kappa shape index (κ1) is 5.87. The van der Waals surface area contributed by atoms with E-state index in [0.29, 0.717) is 5.41 Å². The van der Waals surface area contributed by atoms with Gasteiger partial charge in [0.25, 0.3) is 0 Å². The molecule has 2 heterocycles. The lowest BCUT2D eigenvalue weighted by molar-refractivity contribution is 0.555. The van der Waals surface area contributed by atoms with Crippen LogP contribution in [0.2, 0.25) is 0 Å². The van der Waals surface area contributed by atoms with Crippen molar-refractivity contribution in [2.45, 2.75) is 39.2 Å². The van der Waals surface area contributed by atoms with Gasteiger partial charge in [-0.3, -0.25) is 0 Å². The van der Waals surface area contributed by atoms with Crippen molar-refractivity contribution in [1.29, 1.82) is 0 Å². The molecule has 0 N–H and O–H groups in total. The summed E-state index contributed by atoms with van der Waals surface area (Å²) in [6, 6.07) is 0. The van der Waals surface area contributed by atoms with Gasteiger partial charge in [0, 0.05) is 23.2 Å². The minimum absolute atomic E-state index is 0.370. The topological polar surface area (TPSA) is 4.93 Å². The standard InChI is InChI=1S/C10H13N/c1-10(2,3)9-7-4-6(7)8-5-11(8)9/h4-5H2,1-3H3. The molecule has 2 aliphatic rings. The summed E-state index contributed by atoms with van der Waals surface area (Å²) in [5, 5.41) is 0. The molecule has 0 atom stereocenters. The molecule has 11 heavy (non-hydrogen) atoms. The average molecular weight is 147 g/mol. The van der Waals surface area contributed by atoms with Crippen LogP contribution in [0, 0.1) is 0 Å². The minimum atomic E-state index is 0.370. The van der Waals surface area contributed by atoms with Crippen LogP contribution in [0.3, 0.4) is 0 Å². The van der Waals surface area contributed by atoms with Gasteiger partial charge in [-0.1, -0.05) is 20.8 Å². The molecular weight excluding hydrogens is 134 g/mol. The smallest absolute Gasteiger partial charge is 0.0632 e. The zero-order valence-electron chi connectivity index (χ0n) is 7.36. The second-order valence-corrected chi connectivity index (χ2v) is 4.77. The first-order chi connectivity index (χ1) is 5.09. The molecule has 0 radical (unpaired) electrons. The van der Waals surface area contributed by atoms with E-state index in [2.05, 4.69) is 25.3 Å². The number of hydrogen-bond donors (Lipinski definition) is 0. The van der Waals surface area contributed by atoms with Crippen molar-refractivity contribution in [3.05, 3.63) is 22.5 Å². The van der Waals surface area contributed by atoms with Crippen LogP contribution < -0.4 is 0 Å². The van der Waals surface area contributed by atoms with Crippen LogP contribution in [0.25, 0.3) is 0 Å². The van der Waals surface area contributed by atoms with E-state index in [1.165, 1.54) is 13.0 Å². The SMILES string of the molecule is CC(C)(C)c1c2c(c3n1C3)C2. The third kappa shape index (κ3) is 0.574. The lowest BCUT2D eigenvalue weighted by Crippen LogP contribution is -2.14. The Hall–Kier alpha value is -0.720. The lowest BCUT2D eigenvalue weighted by Gasteiger charge is -2.18. The van der Waals surface area contributed by atoms with E-state index in [-0.39, 0.29) is 0 Å². The van der Waals surface area contributed by atoms with E-state index in [0.717, 1.165) is 0 Å². The molecular formula is C10H13N. The Morgan fingerprint density at radius 1 is 1.18 bits per heavy atom. The Labute approximate surface area is 67.0 Å². The van der Waals surface area contributed by atoms with Crippen LogP contribution in [0.5, 0.6) is 0 Å². The van der Waals surface area contributed by atoms with E-state index in [1.807, 2.05) is 0 Å². The first-order valence-corrected chi connectivity index (χ1v) is 4.32. The zero-order chi connectivity index (χ0) is 7.80. The third-order valence-corrected chi connectivity index (χ3v) is 2.74. The minimum Gasteiger partial charge on any atom is -0.340 e. The molecule has 0 bridgehead atoms. The van der Waals surface area contributed by atoms with Gasteiger partial charge in [-0.05, 0) is 11.1 Å². The van der Waals surface area contributed by atoms with Crippen LogP contribution >= 0.6 is 0 Å². The van der Waals surface area contributed by atoms with Crippen molar-refractivity contribution >= 4 is 0 Å². The maximum Gasteiger partial charge on any atom is 0.0632 e. The van der Waals surface area contributed by atoms with Crippen LogP contribution in [0.4, 0.5) is 0 Å². The van der Waals surface area contributed by atoms with Crippen LogP contribution in [-0.4, -0.2) is 4.57 Å². The summed E-state index contributed by atoms with van der Waals surface area (Å²) < 4.78 is 2.48. The fraction of sp³-hybridized carbons (Fsp3) is 0.600. The van der Waals surface area contributed by atoms with Crippen molar-refractivity contribution in [3.63, 3.8) is 0 Å². The summed E-state index contributed by atoms with van der Waals surface area (Å²) in [5.41, 5.74) is 6.95. The summed E-state index contributed by atoms with van der Waals surface area (Å²) in [4.78, 5) is 0. The van der Waals surface area contributed by atoms with Gasteiger partial charge in [-0.2, -0.15) is 0 Å². The Balaban J connectivity index is 2.24. The Kier molecular flexibility index (Phi) is 0.684. The van der Waals surface area contributed by atoms with Gasteiger partial charge >= 0.3 is 0 Å². The number of aromatic nitrogens is 1. The normalized spacial score (nSPS) is 17.7. The van der Waals surface area contributed by atoms with Crippen molar-refractivity contribution in [2.24, 2.45) is 0 Å². The molecule has 1 aromatic rings. The van der Waals surface area contributed by atoms with Crippen molar-refractivity contribution < 1.29 is 0 Å². The van der Waals surface area contributed by atoms with Gasteiger partial charge in [0.2, 0.25) is 0 Å². The van der Waals surface area contributed by atoms with Crippen molar-refractivity contribution in [3.8, 4) is 0 Å². The van der Waals surface area contributed by atoms with Gasteiger partial charge in [0.15, 0.2) is 0 Å². The molecule has 0 unspecified atom stereocenters. The van der Waals surface area contributed by atoms with Gasteiger partial charge in [0.05, 0.1) is 6.54 Å². The predicted octanol–water partition coefficient (Wildman–Crippen LogP) is 2.05. The van der Waals surface area contributed by atoms with Gasteiger partial charge < -0.3 is 4.57 Å². The zero-order valence-corrected chi connectivity index (χ0v) is 7.36. The van der Waals surface area contributed by atoms with Gasteiger partial charge in [-0.15, -0.1) is 0 Å². The first-order valence-electron chi connectivity index (χ1n) is 4.32. The number of rotatable bonds is 0. The maximum atomic E-state index is 2.48. The average Bonchev–Trinajstić information content (AvgIpc) is 2.65. The quantitative estimate of drug-likeness (QED) is 0.458. The molecule has 1 heteroatoms. The van der Waals surface area contributed by atoms with Crippen molar-refractivity contribution in [2.75, 3.05) is 0 Å². The Bertz CT molecular complexity index is 322. The van der Waals surface area contributed by atoms with Gasteiger partial charge in [0.1, 0.15) is 0 Å². The van der Waals surface area contributed by atoms with E-state index in [4.69, 9.17) is 0 Å². The Morgan fingerprint density at radius 3 is 2.27 bits per heavy atom. The van der Waals surface area contributed by atoms with Crippen LogP contribution in [-0.2, 0) is 18.4 Å². The number of hydrogen-bond acceptors (Lipinski definition) is 0. The maximum absolute atomic E-state index is 2.48. The summed E-state index contributed by atoms with van der Waals surface area (Å²) in [7, 11) is 0. The number of nitrogens with zero attached hydrogens (tertiary/aromatic N) is 1. The molecule has 0 saturated carbocycles.